The second-order valence-electron chi connectivity index (χ2n) is 15.3. The molecule has 0 bridgehead atoms. The maximum atomic E-state index is 14.5. The number of methoxy groups -OCH3 is 2. The number of carboxylic acid groups (broad SMARTS) is 1. The summed E-state index contributed by atoms with van der Waals surface area (Å²) in [5.74, 6) is -1.17. The van der Waals surface area contributed by atoms with Crippen LogP contribution in [0.2, 0.25) is 0 Å². The number of nitrogens with one attached hydrogen (secondary N) is 1. The second kappa shape index (κ2) is 20.8. The summed E-state index contributed by atoms with van der Waals surface area (Å²) in [5, 5.41) is 12.5. The van der Waals surface area contributed by atoms with Crippen molar-refractivity contribution in [3.05, 3.63) is 135 Å². The molecule has 5 aromatic rings. The van der Waals surface area contributed by atoms with Gasteiger partial charge in [-0.1, -0.05) is 61.0 Å². The summed E-state index contributed by atoms with van der Waals surface area (Å²) in [6, 6.07) is 27.4. The van der Waals surface area contributed by atoms with E-state index in [1.165, 1.54) is 0 Å². The number of esters is 1. The number of carbonyl (C=O) groups is 4. The molecule has 2 amide bonds. The maximum Gasteiger partial charge on any atom is 0.306 e. The average Bonchev–Trinajstić information content (AvgIpc) is 3.71. The molecule has 3 heterocycles. The molecule has 1 saturated heterocycles. The molecule has 2 aromatic heterocycles. The number of carbonyl (C=O) groups excluding carboxylic acids is 3. The Kier molecular flexibility index (Phi) is 15.1. The van der Waals surface area contributed by atoms with Crippen LogP contribution in [0, 0.1) is 6.92 Å². The van der Waals surface area contributed by atoms with Crippen LogP contribution in [0.4, 0.5) is 0 Å². The normalized spacial score (nSPS) is 15.0. The van der Waals surface area contributed by atoms with Crippen LogP contribution in [0.15, 0.2) is 102 Å². The summed E-state index contributed by atoms with van der Waals surface area (Å²) < 4.78 is 25.8. The minimum Gasteiger partial charge on any atom is -0.497 e. The molecule has 326 valence electrons. The monoisotopic (exact) mass is 846 g/mol. The van der Waals surface area contributed by atoms with Crippen LogP contribution in [0.1, 0.15) is 84.6 Å². The van der Waals surface area contributed by atoms with Crippen molar-refractivity contribution in [2.24, 2.45) is 0 Å². The topological polar surface area (TPSA) is 176 Å². The Morgan fingerprint density at radius 1 is 0.839 bits per heavy atom. The lowest BCUT2D eigenvalue weighted by molar-refractivity contribution is -0.152. The Morgan fingerprint density at radius 2 is 1.50 bits per heavy atom. The lowest BCUT2D eigenvalue weighted by Gasteiger charge is -2.44. The number of amides is 2. The van der Waals surface area contributed by atoms with Crippen molar-refractivity contribution < 1.29 is 43.2 Å². The van der Waals surface area contributed by atoms with Gasteiger partial charge in [0.15, 0.2) is 0 Å². The van der Waals surface area contributed by atoms with Crippen molar-refractivity contribution in [3.63, 3.8) is 0 Å². The third kappa shape index (κ3) is 10.5. The van der Waals surface area contributed by atoms with Gasteiger partial charge in [-0.2, -0.15) is 0 Å². The maximum absolute atomic E-state index is 14.5. The highest BCUT2D eigenvalue weighted by molar-refractivity contribution is 5.96. The van der Waals surface area contributed by atoms with E-state index in [2.05, 4.69) is 10.3 Å². The van der Waals surface area contributed by atoms with E-state index in [1.807, 2.05) is 92.7 Å². The fourth-order valence-corrected chi connectivity index (χ4v) is 8.04. The number of pyridine rings is 2. The number of aryl methyl sites for hydroxylation is 2. The number of likely N-dealkylation sites (tertiary alicyclic amines) is 1. The quantitative estimate of drug-likeness (QED) is 0.0640. The van der Waals surface area contributed by atoms with Gasteiger partial charge in [0.05, 0.1) is 51.6 Å². The van der Waals surface area contributed by atoms with Crippen LogP contribution < -0.4 is 20.2 Å². The number of unbranched alkanes of at least 4 members (excludes halogenated alkanes) is 2. The van der Waals surface area contributed by atoms with E-state index in [1.54, 1.807) is 42.0 Å². The van der Waals surface area contributed by atoms with Crippen LogP contribution in [0.5, 0.6) is 11.5 Å². The predicted molar refractivity (Wildman–Crippen MR) is 232 cm³/mol. The van der Waals surface area contributed by atoms with E-state index in [4.69, 9.17) is 18.9 Å². The van der Waals surface area contributed by atoms with Crippen molar-refractivity contribution in [2.45, 2.75) is 89.7 Å². The molecule has 1 aliphatic rings. The van der Waals surface area contributed by atoms with Gasteiger partial charge < -0.3 is 38.8 Å². The molecule has 14 heteroatoms. The van der Waals surface area contributed by atoms with Crippen molar-refractivity contribution in [1.29, 1.82) is 0 Å². The van der Waals surface area contributed by atoms with Crippen molar-refractivity contribution >= 4 is 34.8 Å². The van der Waals surface area contributed by atoms with E-state index >= 15 is 0 Å². The number of rotatable bonds is 20. The largest absolute Gasteiger partial charge is 0.497 e. The van der Waals surface area contributed by atoms with E-state index in [0.29, 0.717) is 54.9 Å². The highest BCUT2D eigenvalue weighted by Gasteiger charge is 2.53. The minimum atomic E-state index is -1.30. The van der Waals surface area contributed by atoms with Crippen molar-refractivity contribution in [1.82, 2.24) is 19.8 Å². The Morgan fingerprint density at radius 3 is 2.11 bits per heavy atom. The van der Waals surface area contributed by atoms with Gasteiger partial charge in [0.2, 0.25) is 11.3 Å². The molecule has 1 aliphatic heterocycles. The zero-order valence-corrected chi connectivity index (χ0v) is 35.6. The Bertz CT molecular complexity index is 2350. The van der Waals surface area contributed by atoms with Gasteiger partial charge in [-0.15, -0.1) is 0 Å². The second-order valence-corrected chi connectivity index (χ2v) is 15.3. The molecule has 0 radical (unpaired) electrons. The van der Waals surface area contributed by atoms with E-state index < -0.39 is 35.6 Å². The summed E-state index contributed by atoms with van der Waals surface area (Å²) in [6.07, 6.45) is 2.13. The Balaban J connectivity index is 1.24. The first-order chi connectivity index (χ1) is 30.0. The van der Waals surface area contributed by atoms with Crippen LogP contribution in [-0.2, 0) is 42.6 Å². The number of aromatic nitrogens is 2. The molecule has 62 heavy (non-hydrogen) atoms. The molecular weight excluding hydrogens is 793 g/mol. The molecule has 1 fully saturated rings. The van der Waals surface area contributed by atoms with Crippen LogP contribution in [0.3, 0.4) is 0 Å². The molecule has 0 saturated carbocycles. The summed E-state index contributed by atoms with van der Waals surface area (Å²) in [7, 11) is 3.16. The molecule has 2 atom stereocenters. The number of carboxylic acids is 1. The molecule has 2 unspecified atom stereocenters. The number of benzene rings is 3. The fourth-order valence-electron chi connectivity index (χ4n) is 8.04. The van der Waals surface area contributed by atoms with Crippen LogP contribution in [0.25, 0.3) is 11.0 Å². The standard InChI is InChI=1S/C48H54N4O10/c1-5-51-30-40(45(57)39-24-15-32(2)50-46(39)51)47(58)49-27-11-7-10-14-42(53)52-29-38(62-44(56)26-25-43(54)55)28-41(52)48(34-16-20-36(59-3)21-17-34,35-18-22-37(60-4)23-19-35)61-31-33-12-8-6-9-13-33/h6,8-9,12-13,15-24,30,38,41H,5,7,10-11,14,25-29,31H2,1-4H3,(H,49,58)(H,54,55). The summed E-state index contributed by atoms with van der Waals surface area (Å²) >= 11 is 0. The first-order valence-corrected chi connectivity index (χ1v) is 20.9. The highest BCUT2D eigenvalue weighted by atomic mass is 16.5. The number of ether oxygens (including phenoxy) is 4. The van der Waals surface area contributed by atoms with E-state index in [9.17, 15) is 29.1 Å². The van der Waals surface area contributed by atoms with E-state index in [-0.39, 0.29) is 55.7 Å². The lowest BCUT2D eigenvalue weighted by Crippen LogP contribution is -2.52. The number of hydrogen-bond donors (Lipinski definition) is 2. The van der Waals surface area contributed by atoms with Gasteiger partial charge in [0.1, 0.15) is 34.4 Å². The summed E-state index contributed by atoms with van der Waals surface area (Å²) in [6.45, 7) is 4.85. The van der Waals surface area contributed by atoms with Gasteiger partial charge in [-0.25, -0.2) is 4.98 Å². The van der Waals surface area contributed by atoms with Crippen LogP contribution in [-0.4, -0.2) is 82.8 Å². The number of fused-ring (bicyclic) bond motifs is 1. The molecule has 14 nitrogen and oxygen atoms in total. The smallest absolute Gasteiger partial charge is 0.306 e. The molecular formula is C48H54N4O10. The zero-order valence-electron chi connectivity index (χ0n) is 35.6. The summed E-state index contributed by atoms with van der Waals surface area (Å²) in [5.41, 5.74) is 2.06. The molecule has 6 rings (SSSR count). The number of hydrogen-bond acceptors (Lipinski definition) is 10. The minimum absolute atomic E-state index is 0.0464. The van der Waals surface area contributed by atoms with Crippen LogP contribution >= 0.6 is 0 Å². The van der Waals surface area contributed by atoms with Gasteiger partial charge in [-0.05, 0) is 79.8 Å². The number of aliphatic carboxylic acids is 1. The van der Waals surface area contributed by atoms with Gasteiger partial charge in [0.25, 0.3) is 5.91 Å². The first-order valence-electron chi connectivity index (χ1n) is 20.9. The van der Waals surface area contributed by atoms with Crippen molar-refractivity contribution in [2.75, 3.05) is 27.3 Å². The SMILES string of the molecule is CCn1cc(C(=O)NCCCCCC(=O)N2CC(OC(=O)CCC(=O)O)CC2C(OCc2ccccc2)(c2ccc(OC)cc2)c2ccc(OC)cc2)c(=O)c2ccc(C)nc21. The van der Waals surface area contributed by atoms with Gasteiger partial charge >= 0.3 is 11.9 Å². The molecule has 2 N–H and O–H groups in total. The fraction of sp³-hybridized carbons (Fsp3) is 0.375. The average molecular weight is 847 g/mol. The third-order valence-corrected chi connectivity index (χ3v) is 11.2. The predicted octanol–water partition coefficient (Wildman–Crippen LogP) is 6.57. The lowest BCUT2D eigenvalue weighted by atomic mass is 9.78. The molecule has 0 aliphatic carbocycles. The van der Waals surface area contributed by atoms with Gasteiger partial charge in [0, 0.05) is 37.8 Å². The molecule has 3 aromatic carbocycles. The van der Waals surface area contributed by atoms with Gasteiger partial charge in [-0.3, -0.25) is 24.0 Å². The Hall–Kier alpha value is -6.54. The summed E-state index contributed by atoms with van der Waals surface area (Å²) in [4.78, 5) is 71.5. The van der Waals surface area contributed by atoms with Crippen molar-refractivity contribution in [3.8, 4) is 11.5 Å². The molecule has 0 spiro atoms. The first kappa shape index (κ1) is 45.0. The highest BCUT2D eigenvalue weighted by Crippen LogP contribution is 2.46. The number of nitrogens with zero attached hydrogens (tertiary/aromatic N) is 3. The third-order valence-electron chi connectivity index (χ3n) is 11.2. The Labute approximate surface area is 360 Å². The van der Waals surface area contributed by atoms with E-state index in [0.717, 1.165) is 22.4 Å². The zero-order chi connectivity index (χ0) is 44.2.